The smallest absolute Gasteiger partial charge is 0.338 e. The van der Waals surface area contributed by atoms with Crippen molar-refractivity contribution in [1.29, 1.82) is 0 Å². The summed E-state index contributed by atoms with van der Waals surface area (Å²) in [6.07, 6.45) is 2.21. The Balaban J connectivity index is 1.98. The predicted molar refractivity (Wildman–Crippen MR) is 117 cm³/mol. The van der Waals surface area contributed by atoms with Crippen LogP contribution < -0.4 is 20.1 Å². The standard InChI is InChI=1S/C23H33N3O5/c1-5-30-18-8-7-16(13-19(18)29-4)21-20(22(27)31-6-2)17(24-23(28)25-21)14-26-11-9-15(3)10-12-26/h7-8,13,15,21H,5-6,9-12,14H2,1-4H3,(H2,24,25,28)/t21-/m0/s1. The van der Waals surface area contributed by atoms with E-state index < -0.39 is 12.0 Å². The topological polar surface area (TPSA) is 89.1 Å². The van der Waals surface area contributed by atoms with Gasteiger partial charge in [-0.3, -0.25) is 4.90 Å². The quantitative estimate of drug-likeness (QED) is 0.615. The molecule has 0 bridgehead atoms. The second-order valence-corrected chi connectivity index (χ2v) is 7.95. The highest BCUT2D eigenvalue weighted by Gasteiger charge is 2.35. The molecule has 2 aliphatic heterocycles. The molecule has 0 aliphatic carbocycles. The Bertz CT molecular complexity index is 831. The number of nitrogens with zero attached hydrogens (tertiary/aromatic N) is 1. The zero-order valence-electron chi connectivity index (χ0n) is 18.8. The lowest BCUT2D eigenvalue weighted by atomic mass is 9.94. The molecule has 1 aromatic carbocycles. The number of rotatable bonds is 8. The van der Waals surface area contributed by atoms with Crippen LogP contribution in [0.25, 0.3) is 0 Å². The molecular formula is C23H33N3O5. The van der Waals surface area contributed by atoms with E-state index in [9.17, 15) is 9.59 Å². The first kappa shape index (κ1) is 22.9. The van der Waals surface area contributed by atoms with E-state index >= 15 is 0 Å². The summed E-state index contributed by atoms with van der Waals surface area (Å²) < 4.78 is 16.4. The van der Waals surface area contributed by atoms with Crippen LogP contribution in [0.1, 0.15) is 45.2 Å². The minimum Gasteiger partial charge on any atom is -0.493 e. The van der Waals surface area contributed by atoms with Crippen molar-refractivity contribution in [2.45, 2.75) is 39.7 Å². The van der Waals surface area contributed by atoms with Crippen molar-refractivity contribution in [1.82, 2.24) is 15.5 Å². The average molecular weight is 432 g/mol. The molecule has 3 rings (SSSR count). The third-order valence-electron chi connectivity index (χ3n) is 5.73. The lowest BCUT2D eigenvalue weighted by Gasteiger charge is -2.34. The highest BCUT2D eigenvalue weighted by atomic mass is 16.5. The van der Waals surface area contributed by atoms with Crippen LogP contribution in [-0.4, -0.2) is 56.9 Å². The number of ether oxygens (including phenoxy) is 3. The molecule has 0 saturated carbocycles. The van der Waals surface area contributed by atoms with Gasteiger partial charge in [-0.15, -0.1) is 0 Å². The minimum atomic E-state index is -0.643. The first-order valence-corrected chi connectivity index (χ1v) is 11.0. The molecule has 0 aromatic heterocycles. The molecule has 2 aliphatic rings. The minimum absolute atomic E-state index is 0.254. The van der Waals surface area contributed by atoms with Crippen molar-refractivity contribution in [3.8, 4) is 11.5 Å². The first-order valence-electron chi connectivity index (χ1n) is 11.0. The largest absolute Gasteiger partial charge is 0.493 e. The molecule has 1 aromatic rings. The second-order valence-electron chi connectivity index (χ2n) is 7.95. The lowest BCUT2D eigenvalue weighted by molar-refractivity contribution is -0.139. The summed E-state index contributed by atoms with van der Waals surface area (Å²) in [6.45, 7) is 9.05. The Morgan fingerprint density at radius 1 is 1.16 bits per heavy atom. The number of likely N-dealkylation sites (tertiary alicyclic amines) is 1. The lowest BCUT2D eigenvalue weighted by Crippen LogP contribution is -2.49. The highest BCUT2D eigenvalue weighted by Crippen LogP contribution is 2.35. The van der Waals surface area contributed by atoms with Gasteiger partial charge in [0, 0.05) is 12.2 Å². The molecule has 31 heavy (non-hydrogen) atoms. The molecule has 2 heterocycles. The van der Waals surface area contributed by atoms with Gasteiger partial charge in [0.1, 0.15) is 0 Å². The van der Waals surface area contributed by atoms with Gasteiger partial charge in [-0.1, -0.05) is 13.0 Å². The van der Waals surface area contributed by atoms with Crippen LogP contribution in [0.4, 0.5) is 4.79 Å². The molecule has 2 N–H and O–H groups in total. The van der Waals surface area contributed by atoms with E-state index in [1.807, 2.05) is 13.0 Å². The first-order chi connectivity index (χ1) is 15.0. The van der Waals surface area contributed by atoms with Crippen LogP contribution in [0.3, 0.4) is 0 Å². The predicted octanol–water partition coefficient (Wildman–Crippen LogP) is 3.00. The molecule has 1 atom stereocenters. The van der Waals surface area contributed by atoms with Crippen LogP contribution in [0.15, 0.2) is 29.5 Å². The summed E-state index contributed by atoms with van der Waals surface area (Å²) in [5.41, 5.74) is 1.74. The van der Waals surface area contributed by atoms with Crippen molar-refractivity contribution in [2.75, 3.05) is 40.0 Å². The van der Waals surface area contributed by atoms with E-state index in [1.165, 1.54) is 0 Å². The van der Waals surface area contributed by atoms with Crippen LogP contribution in [0.5, 0.6) is 11.5 Å². The Labute approximate surface area is 183 Å². The van der Waals surface area contributed by atoms with Crippen LogP contribution in [0.2, 0.25) is 0 Å². The van der Waals surface area contributed by atoms with Gasteiger partial charge < -0.3 is 24.8 Å². The van der Waals surface area contributed by atoms with E-state index in [4.69, 9.17) is 14.2 Å². The van der Waals surface area contributed by atoms with Gasteiger partial charge in [0.2, 0.25) is 0 Å². The van der Waals surface area contributed by atoms with Crippen molar-refractivity contribution in [3.63, 3.8) is 0 Å². The summed E-state index contributed by atoms with van der Waals surface area (Å²) in [6, 6.07) is 4.44. The Hall–Kier alpha value is -2.74. The highest BCUT2D eigenvalue weighted by molar-refractivity contribution is 5.95. The number of amides is 2. The van der Waals surface area contributed by atoms with Gasteiger partial charge in [0.15, 0.2) is 11.5 Å². The van der Waals surface area contributed by atoms with E-state index in [0.29, 0.717) is 41.8 Å². The molecular weight excluding hydrogens is 398 g/mol. The van der Waals surface area contributed by atoms with Gasteiger partial charge in [0.05, 0.1) is 31.9 Å². The number of hydrogen-bond donors (Lipinski definition) is 2. The van der Waals surface area contributed by atoms with Crippen molar-refractivity contribution < 1.29 is 23.8 Å². The second kappa shape index (κ2) is 10.5. The normalized spacial score (nSPS) is 20.1. The number of urea groups is 1. The fourth-order valence-corrected chi connectivity index (χ4v) is 4.02. The SMILES string of the molecule is CCOC(=O)C1=C(CN2CCC(C)CC2)NC(=O)N[C@H]1c1ccc(OCC)c(OC)c1. The summed E-state index contributed by atoms with van der Waals surface area (Å²) in [4.78, 5) is 27.8. The maximum atomic E-state index is 13.0. The Morgan fingerprint density at radius 2 is 1.90 bits per heavy atom. The molecule has 1 fully saturated rings. The maximum absolute atomic E-state index is 13.0. The van der Waals surface area contributed by atoms with E-state index in [2.05, 4.69) is 22.5 Å². The van der Waals surface area contributed by atoms with Crippen molar-refractivity contribution in [2.24, 2.45) is 5.92 Å². The number of piperidine rings is 1. The van der Waals surface area contributed by atoms with Crippen LogP contribution in [0, 0.1) is 5.92 Å². The molecule has 1 saturated heterocycles. The van der Waals surface area contributed by atoms with Crippen LogP contribution in [-0.2, 0) is 9.53 Å². The van der Waals surface area contributed by atoms with Gasteiger partial charge in [-0.25, -0.2) is 9.59 Å². The number of esters is 1. The molecule has 0 unspecified atom stereocenters. The summed E-state index contributed by atoms with van der Waals surface area (Å²) in [5, 5.41) is 5.73. The van der Waals surface area contributed by atoms with E-state index in [0.717, 1.165) is 31.5 Å². The number of carbonyl (C=O) groups is 2. The van der Waals surface area contributed by atoms with Crippen molar-refractivity contribution in [3.05, 3.63) is 35.0 Å². The Morgan fingerprint density at radius 3 is 2.55 bits per heavy atom. The fourth-order valence-electron chi connectivity index (χ4n) is 4.02. The molecule has 2 amide bonds. The van der Waals surface area contributed by atoms with Gasteiger partial charge in [0.25, 0.3) is 0 Å². The molecule has 0 spiro atoms. The van der Waals surface area contributed by atoms with E-state index in [-0.39, 0.29) is 12.6 Å². The fraction of sp³-hybridized carbons (Fsp3) is 0.565. The summed E-state index contributed by atoms with van der Waals surface area (Å²) >= 11 is 0. The van der Waals surface area contributed by atoms with E-state index in [1.54, 1.807) is 26.2 Å². The zero-order chi connectivity index (χ0) is 22.4. The van der Waals surface area contributed by atoms with Crippen LogP contribution >= 0.6 is 0 Å². The molecule has 8 heteroatoms. The number of hydrogen-bond acceptors (Lipinski definition) is 6. The number of carbonyl (C=O) groups excluding carboxylic acids is 2. The number of benzene rings is 1. The third-order valence-corrected chi connectivity index (χ3v) is 5.73. The maximum Gasteiger partial charge on any atom is 0.338 e. The Kier molecular flexibility index (Phi) is 7.79. The summed E-state index contributed by atoms with van der Waals surface area (Å²) in [7, 11) is 1.56. The monoisotopic (exact) mass is 431 g/mol. The zero-order valence-corrected chi connectivity index (χ0v) is 18.8. The molecule has 0 radical (unpaired) electrons. The third kappa shape index (κ3) is 5.50. The number of nitrogens with one attached hydrogen (secondary N) is 2. The van der Waals surface area contributed by atoms with Gasteiger partial charge in [-0.05, 0) is 63.4 Å². The van der Waals surface area contributed by atoms with Gasteiger partial charge >= 0.3 is 12.0 Å². The van der Waals surface area contributed by atoms with Gasteiger partial charge in [-0.2, -0.15) is 0 Å². The molecule has 170 valence electrons. The molecule has 8 nitrogen and oxygen atoms in total. The average Bonchev–Trinajstić information content (AvgIpc) is 2.75. The number of methoxy groups -OCH3 is 1. The summed E-state index contributed by atoms with van der Waals surface area (Å²) in [5.74, 6) is 1.41. The van der Waals surface area contributed by atoms with Crippen molar-refractivity contribution >= 4 is 12.0 Å².